The van der Waals surface area contributed by atoms with Crippen molar-refractivity contribution in [2.24, 2.45) is 0 Å². The van der Waals surface area contributed by atoms with E-state index in [4.69, 9.17) is 4.74 Å². The van der Waals surface area contributed by atoms with Gasteiger partial charge < -0.3 is 14.5 Å². The first-order chi connectivity index (χ1) is 20.7. The average Bonchev–Trinajstić information content (AvgIpc) is 3.38. The van der Waals surface area contributed by atoms with Crippen molar-refractivity contribution in [3.05, 3.63) is 70.3 Å². The highest BCUT2D eigenvalue weighted by Gasteiger charge is 2.21. The van der Waals surface area contributed by atoms with Gasteiger partial charge in [-0.2, -0.15) is 0 Å². The molecule has 0 radical (unpaired) electrons. The second-order valence-electron chi connectivity index (χ2n) is 13.3. The number of rotatable bonds is 19. The Bertz CT molecular complexity index is 1140. The molecule has 0 aliphatic carbocycles. The molecule has 0 saturated heterocycles. The summed E-state index contributed by atoms with van der Waals surface area (Å²) >= 11 is 1.88. The fourth-order valence-corrected chi connectivity index (χ4v) is 6.48. The van der Waals surface area contributed by atoms with Crippen molar-refractivity contribution in [2.45, 2.75) is 137 Å². The van der Waals surface area contributed by atoms with Crippen LogP contribution in [0.3, 0.4) is 0 Å². The minimum Gasteiger partial charge on any atom is -0.493 e. The molecule has 44 heavy (non-hydrogen) atoms. The lowest BCUT2D eigenvalue weighted by atomic mass is 9.85. The molecule has 4 nitrogen and oxygen atoms in total. The summed E-state index contributed by atoms with van der Waals surface area (Å²) in [6.07, 6.45) is 18.3. The third kappa shape index (κ3) is 13.6. The van der Waals surface area contributed by atoms with E-state index >= 15 is 0 Å². The van der Waals surface area contributed by atoms with Gasteiger partial charge in [0.2, 0.25) is 5.91 Å². The number of carbonyl (C=O) groups is 1. The number of ether oxygens (including phenoxy) is 1. The molecular weight excluding hydrogens is 628 g/mol. The maximum Gasteiger partial charge on any atom is 0.224 e. The van der Waals surface area contributed by atoms with E-state index in [1.807, 2.05) is 16.7 Å². The van der Waals surface area contributed by atoms with E-state index in [0.29, 0.717) is 6.54 Å². The number of unbranched alkanes of at least 4 members (excludes halogenated alkanes) is 11. The molecule has 6 heteroatoms. The first kappa shape index (κ1) is 38.3. The number of thioether (sulfide) groups is 1. The summed E-state index contributed by atoms with van der Waals surface area (Å²) < 4.78 is 6.42. The second-order valence-corrected chi connectivity index (χ2v) is 14.5. The molecule has 0 saturated carbocycles. The largest absolute Gasteiger partial charge is 0.493 e. The number of benzene rings is 2. The van der Waals surface area contributed by atoms with Crippen molar-refractivity contribution in [3.8, 4) is 5.75 Å². The van der Waals surface area contributed by atoms with Crippen LogP contribution >= 0.6 is 28.7 Å². The van der Waals surface area contributed by atoms with Crippen LogP contribution in [0.2, 0.25) is 0 Å². The Hall–Kier alpha value is -1.92. The third-order valence-corrected chi connectivity index (χ3v) is 9.31. The predicted octanol–water partition coefficient (Wildman–Crippen LogP) is 11.6. The number of hydrogen-bond donors (Lipinski definition) is 0. The molecule has 246 valence electrons. The van der Waals surface area contributed by atoms with E-state index in [-0.39, 0.29) is 28.3 Å². The molecule has 1 aliphatic rings. The van der Waals surface area contributed by atoms with Crippen LogP contribution in [-0.4, -0.2) is 23.3 Å². The normalized spacial score (nSPS) is 13.0. The lowest BCUT2D eigenvalue weighted by molar-refractivity contribution is -0.116. The molecule has 0 spiro atoms. The summed E-state index contributed by atoms with van der Waals surface area (Å²) in [6.45, 7) is 15.0. The predicted molar refractivity (Wildman–Crippen MR) is 197 cm³/mol. The van der Waals surface area contributed by atoms with E-state index in [2.05, 4.69) is 88.2 Å². The highest BCUT2D eigenvalue weighted by Crippen LogP contribution is 2.33. The van der Waals surface area contributed by atoms with Gasteiger partial charge in [0, 0.05) is 25.4 Å². The maximum atomic E-state index is 12.7. The van der Waals surface area contributed by atoms with Gasteiger partial charge in [0.05, 0.1) is 19.0 Å². The highest BCUT2D eigenvalue weighted by atomic mass is 79.9. The van der Waals surface area contributed by atoms with Crippen LogP contribution in [0.5, 0.6) is 5.75 Å². The second kappa shape index (κ2) is 20.3. The molecule has 0 atom stereocenters. The fourth-order valence-electron chi connectivity index (χ4n) is 5.72. The van der Waals surface area contributed by atoms with Gasteiger partial charge in [-0.1, -0.05) is 123 Å². The zero-order valence-electron chi connectivity index (χ0n) is 28.5. The van der Waals surface area contributed by atoms with Crippen molar-refractivity contribution in [3.63, 3.8) is 0 Å². The van der Waals surface area contributed by atoms with E-state index in [1.165, 1.54) is 86.7 Å². The standard InChI is InChI=1S/C38H58N2O2S.BrH/c1-7-8-9-10-11-12-13-14-15-16-17-18-25-42-37-26-34(21-24-36(37)38(4,5)6)29-40(32(3)41)35-22-19-33(20-23-35)28-39-27-31(2)43-30-39;/h19-24,26-27H,7-18,25,28-30H2,1-6H3;1H. The number of amides is 1. The molecule has 0 fully saturated rings. The molecular formula is C38H59BrN2O2S. The van der Waals surface area contributed by atoms with Gasteiger partial charge in [0.15, 0.2) is 0 Å². The molecule has 0 bridgehead atoms. The Morgan fingerprint density at radius 1 is 0.864 bits per heavy atom. The Labute approximate surface area is 284 Å². The van der Waals surface area contributed by atoms with Crippen molar-refractivity contribution >= 4 is 40.3 Å². The third-order valence-electron chi connectivity index (χ3n) is 8.29. The molecule has 1 aliphatic heterocycles. The molecule has 1 amide bonds. The van der Waals surface area contributed by atoms with Gasteiger partial charge >= 0.3 is 0 Å². The zero-order chi connectivity index (χ0) is 31.1. The average molecular weight is 688 g/mol. The van der Waals surface area contributed by atoms with Crippen molar-refractivity contribution in [1.29, 1.82) is 0 Å². The monoisotopic (exact) mass is 686 g/mol. The van der Waals surface area contributed by atoms with E-state index in [9.17, 15) is 4.79 Å². The number of hydrogen-bond acceptors (Lipinski definition) is 4. The number of carbonyl (C=O) groups excluding carboxylic acids is 1. The quantitative estimate of drug-likeness (QED) is 0.138. The Morgan fingerprint density at radius 2 is 1.43 bits per heavy atom. The zero-order valence-corrected chi connectivity index (χ0v) is 31.0. The molecule has 2 aromatic rings. The number of allylic oxidation sites excluding steroid dienone is 1. The summed E-state index contributed by atoms with van der Waals surface area (Å²) in [5.74, 6) is 2.00. The number of nitrogens with zero attached hydrogens (tertiary/aromatic N) is 2. The molecule has 0 unspecified atom stereocenters. The maximum absolute atomic E-state index is 12.7. The first-order valence-corrected chi connectivity index (χ1v) is 17.8. The van der Waals surface area contributed by atoms with Crippen molar-refractivity contribution in [1.82, 2.24) is 4.90 Å². The van der Waals surface area contributed by atoms with E-state index < -0.39 is 0 Å². The SMILES string of the molecule is Br.CCCCCCCCCCCCCCOc1cc(CN(C(C)=O)c2ccc(CN3C=C(C)SC3)cc2)ccc1C(C)(C)C. The van der Waals surface area contributed by atoms with Crippen molar-refractivity contribution in [2.75, 3.05) is 17.4 Å². The summed E-state index contributed by atoms with van der Waals surface area (Å²) in [7, 11) is 0. The number of halogens is 1. The Balaban J connectivity index is 0.00000675. The van der Waals surface area contributed by atoms with E-state index in [1.54, 1.807) is 6.92 Å². The topological polar surface area (TPSA) is 32.8 Å². The lowest BCUT2D eigenvalue weighted by Crippen LogP contribution is -2.28. The van der Waals surface area contributed by atoms with Crippen LogP contribution in [0, 0.1) is 0 Å². The van der Waals surface area contributed by atoms with Gasteiger partial charge in [0.1, 0.15) is 5.75 Å². The number of anilines is 1. The Kier molecular flexibility index (Phi) is 17.6. The molecule has 1 heterocycles. The van der Waals surface area contributed by atoms with Crippen LogP contribution in [0.15, 0.2) is 53.6 Å². The smallest absolute Gasteiger partial charge is 0.224 e. The van der Waals surface area contributed by atoms with Crippen LogP contribution in [0.1, 0.15) is 135 Å². The van der Waals surface area contributed by atoms with Crippen LogP contribution < -0.4 is 9.64 Å². The van der Waals surface area contributed by atoms with Crippen LogP contribution in [0.25, 0.3) is 0 Å². The summed E-state index contributed by atoms with van der Waals surface area (Å²) in [5.41, 5.74) is 4.48. The lowest BCUT2D eigenvalue weighted by Gasteiger charge is -2.26. The minimum absolute atomic E-state index is 0. The summed E-state index contributed by atoms with van der Waals surface area (Å²) in [6, 6.07) is 14.9. The molecule has 0 aromatic heterocycles. The summed E-state index contributed by atoms with van der Waals surface area (Å²) in [4.78, 5) is 18.3. The van der Waals surface area contributed by atoms with E-state index in [0.717, 1.165) is 42.4 Å². The van der Waals surface area contributed by atoms with Gasteiger partial charge in [-0.05, 0) is 58.6 Å². The summed E-state index contributed by atoms with van der Waals surface area (Å²) in [5, 5.41) is 0. The van der Waals surface area contributed by atoms with Gasteiger partial charge in [-0.15, -0.1) is 28.7 Å². The van der Waals surface area contributed by atoms with Gasteiger partial charge in [-0.25, -0.2) is 0 Å². The van der Waals surface area contributed by atoms with Crippen LogP contribution in [0.4, 0.5) is 5.69 Å². The molecule has 2 aromatic carbocycles. The fraction of sp³-hybridized carbons (Fsp3) is 0.605. The molecule has 0 N–H and O–H groups in total. The minimum atomic E-state index is -0.0118. The van der Waals surface area contributed by atoms with Crippen LogP contribution in [-0.2, 0) is 23.3 Å². The van der Waals surface area contributed by atoms with Gasteiger partial charge in [0.25, 0.3) is 0 Å². The first-order valence-electron chi connectivity index (χ1n) is 16.9. The Morgan fingerprint density at radius 3 is 1.95 bits per heavy atom. The van der Waals surface area contributed by atoms with Crippen molar-refractivity contribution < 1.29 is 9.53 Å². The molecule has 3 rings (SSSR count). The highest BCUT2D eigenvalue weighted by molar-refractivity contribution is 8.93. The van der Waals surface area contributed by atoms with Gasteiger partial charge in [-0.3, -0.25) is 4.79 Å².